The summed E-state index contributed by atoms with van der Waals surface area (Å²) in [6, 6.07) is 8.59. The molecule has 0 atom stereocenters. The molecule has 2 N–H and O–H groups in total. The minimum absolute atomic E-state index is 0.209. The summed E-state index contributed by atoms with van der Waals surface area (Å²) < 4.78 is 2.39. The second-order valence-corrected chi connectivity index (χ2v) is 7.81. The number of hydrogen-bond acceptors (Lipinski definition) is 5. The lowest BCUT2D eigenvalue weighted by atomic mass is 10.2. The van der Waals surface area contributed by atoms with Crippen molar-refractivity contribution in [2.45, 2.75) is 38.9 Å². The summed E-state index contributed by atoms with van der Waals surface area (Å²) in [5.74, 6) is -0.660. The Kier molecular flexibility index (Phi) is 5.06. The van der Waals surface area contributed by atoms with E-state index in [1.807, 2.05) is 0 Å². The first-order valence-electron chi connectivity index (χ1n) is 9.40. The summed E-state index contributed by atoms with van der Waals surface area (Å²) in [5.41, 5.74) is -0.0995. The van der Waals surface area contributed by atoms with Crippen LogP contribution in [0.1, 0.15) is 30.1 Å². The van der Waals surface area contributed by atoms with E-state index in [0.717, 1.165) is 17.4 Å². The number of carbonyl (C=O) groups is 2. The van der Waals surface area contributed by atoms with E-state index < -0.39 is 11.6 Å². The first-order valence-corrected chi connectivity index (χ1v) is 10.3. The van der Waals surface area contributed by atoms with E-state index >= 15 is 0 Å². The average molecular weight is 412 g/mol. The topological polar surface area (TPSA) is 102 Å². The van der Waals surface area contributed by atoms with Crippen LogP contribution in [-0.4, -0.2) is 27.0 Å². The van der Waals surface area contributed by atoms with Crippen molar-refractivity contribution in [3.8, 4) is 0 Å². The zero-order valence-electron chi connectivity index (χ0n) is 15.8. The number of fused-ring (bicyclic) bond motifs is 1. The van der Waals surface area contributed by atoms with Crippen LogP contribution in [0.5, 0.6) is 0 Å². The van der Waals surface area contributed by atoms with Crippen LogP contribution < -0.4 is 21.9 Å². The Morgan fingerprint density at radius 3 is 2.62 bits per heavy atom. The molecular weight excluding hydrogens is 392 g/mol. The predicted molar refractivity (Wildman–Crippen MR) is 112 cm³/mol. The third kappa shape index (κ3) is 3.73. The van der Waals surface area contributed by atoms with Crippen LogP contribution in [0.2, 0.25) is 0 Å². The van der Waals surface area contributed by atoms with Gasteiger partial charge in [0.2, 0.25) is 5.91 Å². The van der Waals surface area contributed by atoms with Crippen molar-refractivity contribution in [1.82, 2.24) is 14.5 Å². The molecular formula is C20H20N4O4S. The van der Waals surface area contributed by atoms with Gasteiger partial charge in [0.1, 0.15) is 11.5 Å². The van der Waals surface area contributed by atoms with Crippen LogP contribution in [0.4, 0.5) is 5.00 Å². The average Bonchev–Trinajstić information content (AvgIpc) is 3.40. The van der Waals surface area contributed by atoms with E-state index in [0.29, 0.717) is 21.5 Å². The van der Waals surface area contributed by atoms with Crippen molar-refractivity contribution in [3.63, 3.8) is 0 Å². The van der Waals surface area contributed by atoms with Crippen molar-refractivity contribution in [2.75, 3.05) is 5.32 Å². The summed E-state index contributed by atoms with van der Waals surface area (Å²) in [6.07, 6.45) is 1.95. The fraction of sp³-hybridized carbons (Fsp3) is 0.300. The number of carbonyl (C=O) groups excluding carboxylic acids is 2. The minimum atomic E-state index is -0.538. The number of rotatable bonds is 6. The number of thiophene rings is 1. The van der Waals surface area contributed by atoms with Crippen LogP contribution in [0.25, 0.3) is 10.9 Å². The highest BCUT2D eigenvalue weighted by atomic mass is 32.1. The molecule has 1 fully saturated rings. The van der Waals surface area contributed by atoms with Gasteiger partial charge in [-0.3, -0.25) is 23.5 Å². The molecule has 9 heteroatoms. The molecule has 1 aliphatic carbocycles. The summed E-state index contributed by atoms with van der Waals surface area (Å²) in [5, 5.41) is 8.18. The van der Waals surface area contributed by atoms with Gasteiger partial charge in [-0.15, -0.1) is 11.3 Å². The Morgan fingerprint density at radius 1 is 1.14 bits per heavy atom. The third-order valence-electron chi connectivity index (χ3n) is 4.83. The molecule has 0 spiro atoms. The molecule has 0 unspecified atom stereocenters. The van der Waals surface area contributed by atoms with Crippen molar-refractivity contribution < 1.29 is 9.59 Å². The molecule has 2 amide bonds. The van der Waals surface area contributed by atoms with Gasteiger partial charge < -0.3 is 10.6 Å². The van der Waals surface area contributed by atoms with Crippen LogP contribution in [0, 0.1) is 0 Å². The molecule has 3 aromatic rings. The Balaban J connectivity index is 1.62. The lowest BCUT2D eigenvalue weighted by molar-refractivity contribution is -0.116. The summed E-state index contributed by atoms with van der Waals surface area (Å²) in [4.78, 5) is 50.3. The van der Waals surface area contributed by atoms with Gasteiger partial charge in [0.15, 0.2) is 0 Å². The number of anilines is 1. The maximum absolute atomic E-state index is 12.8. The number of nitrogens with zero attached hydrogens (tertiary/aromatic N) is 2. The van der Waals surface area contributed by atoms with Crippen LogP contribution in [0.15, 0.2) is 45.3 Å². The van der Waals surface area contributed by atoms with E-state index in [2.05, 4.69) is 10.6 Å². The third-order valence-corrected chi connectivity index (χ3v) is 5.66. The fourth-order valence-corrected chi connectivity index (χ4v) is 3.99. The highest BCUT2D eigenvalue weighted by Gasteiger charge is 2.25. The molecule has 8 nitrogen and oxygen atoms in total. The SMILES string of the molecule is CCn1c(=O)c2ccccc2n(CC(=O)Nc2sccc2C(=O)NC2CC2)c1=O. The number of hydrogen-bond donors (Lipinski definition) is 2. The molecule has 0 bridgehead atoms. The van der Waals surface area contributed by atoms with Gasteiger partial charge in [0, 0.05) is 12.6 Å². The van der Waals surface area contributed by atoms with Crippen molar-refractivity contribution in [3.05, 3.63) is 62.1 Å². The molecule has 0 radical (unpaired) electrons. The zero-order valence-corrected chi connectivity index (χ0v) is 16.6. The van der Waals surface area contributed by atoms with Crippen LogP contribution in [0.3, 0.4) is 0 Å². The Hall–Kier alpha value is -3.20. The monoisotopic (exact) mass is 412 g/mol. The quantitative estimate of drug-likeness (QED) is 0.644. The molecule has 1 aliphatic rings. The molecule has 1 aromatic carbocycles. The van der Waals surface area contributed by atoms with Crippen molar-refractivity contribution >= 4 is 39.1 Å². The molecule has 29 heavy (non-hydrogen) atoms. The number of benzene rings is 1. The summed E-state index contributed by atoms with van der Waals surface area (Å²) >= 11 is 1.25. The van der Waals surface area contributed by atoms with E-state index in [4.69, 9.17) is 0 Å². The van der Waals surface area contributed by atoms with Gasteiger partial charge in [0.05, 0.1) is 16.5 Å². The number of nitrogens with one attached hydrogen (secondary N) is 2. The van der Waals surface area contributed by atoms with E-state index in [1.165, 1.54) is 15.9 Å². The first-order chi connectivity index (χ1) is 14.0. The van der Waals surface area contributed by atoms with Crippen LogP contribution >= 0.6 is 11.3 Å². The lowest BCUT2D eigenvalue weighted by Crippen LogP contribution is -2.41. The normalized spacial score (nSPS) is 13.4. The highest BCUT2D eigenvalue weighted by molar-refractivity contribution is 7.14. The smallest absolute Gasteiger partial charge is 0.331 e. The molecule has 150 valence electrons. The van der Waals surface area contributed by atoms with Crippen molar-refractivity contribution in [2.24, 2.45) is 0 Å². The van der Waals surface area contributed by atoms with E-state index in [-0.39, 0.29) is 30.6 Å². The molecule has 1 saturated carbocycles. The number of para-hydroxylation sites is 1. The molecule has 4 rings (SSSR count). The van der Waals surface area contributed by atoms with Gasteiger partial charge >= 0.3 is 5.69 Å². The molecule has 2 heterocycles. The lowest BCUT2D eigenvalue weighted by Gasteiger charge is -2.13. The van der Waals surface area contributed by atoms with E-state index in [9.17, 15) is 19.2 Å². The molecule has 0 saturated heterocycles. The van der Waals surface area contributed by atoms with Gasteiger partial charge in [-0.2, -0.15) is 0 Å². The predicted octanol–water partition coefficient (Wildman–Crippen LogP) is 1.78. The maximum atomic E-state index is 12.8. The van der Waals surface area contributed by atoms with Gasteiger partial charge in [-0.1, -0.05) is 12.1 Å². The van der Waals surface area contributed by atoms with Gasteiger partial charge in [-0.25, -0.2) is 4.79 Å². The van der Waals surface area contributed by atoms with Crippen molar-refractivity contribution in [1.29, 1.82) is 0 Å². The standard InChI is InChI=1S/C20H20N4O4S/c1-2-23-19(27)13-5-3-4-6-15(13)24(20(23)28)11-16(25)22-18-14(9-10-29-18)17(26)21-12-7-8-12/h3-6,9-10,12H,2,7-8,11H2,1H3,(H,21,26)(H,22,25). The molecule has 0 aliphatic heterocycles. The Morgan fingerprint density at radius 2 is 1.90 bits per heavy atom. The minimum Gasteiger partial charge on any atom is -0.349 e. The van der Waals surface area contributed by atoms with Gasteiger partial charge in [0.25, 0.3) is 11.5 Å². The fourth-order valence-electron chi connectivity index (χ4n) is 3.19. The summed E-state index contributed by atoms with van der Waals surface area (Å²) in [7, 11) is 0. The Bertz CT molecular complexity index is 1220. The van der Waals surface area contributed by atoms with E-state index in [1.54, 1.807) is 42.6 Å². The second-order valence-electron chi connectivity index (χ2n) is 6.89. The maximum Gasteiger partial charge on any atom is 0.331 e. The zero-order chi connectivity index (χ0) is 20.5. The second kappa shape index (κ2) is 7.67. The number of amides is 2. The largest absolute Gasteiger partial charge is 0.349 e. The number of aromatic nitrogens is 2. The first kappa shape index (κ1) is 19.1. The summed E-state index contributed by atoms with van der Waals surface area (Å²) in [6.45, 7) is 1.65. The highest BCUT2D eigenvalue weighted by Crippen LogP contribution is 2.25. The Labute approximate surface area is 169 Å². The van der Waals surface area contributed by atoms with Crippen LogP contribution in [-0.2, 0) is 17.9 Å². The molecule has 2 aromatic heterocycles. The van der Waals surface area contributed by atoms with Gasteiger partial charge in [-0.05, 0) is 43.3 Å².